The summed E-state index contributed by atoms with van der Waals surface area (Å²) in [5.74, 6) is 0. The van der Waals surface area contributed by atoms with E-state index in [2.05, 4.69) is 42.5 Å². The highest BCUT2D eigenvalue weighted by Crippen LogP contribution is 2.19. The van der Waals surface area contributed by atoms with Crippen LogP contribution >= 0.6 is 0 Å². The van der Waals surface area contributed by atoms with Gasteiger partial charge >= 0.3 is 7.32 Å². The first-order chi connectivity index (χ1) is 6.70. The molecule has 0 fully saturated rings. The first-order valence-corrected chi connectivity index (χ1v) is 4.18. The quantitative estimate of drug-likeness (QED) is 0.537. The van der Waals surface area contributed by atoms with Crippen molar-refractivity contribution in [3.05, 3.63) is 48.5 Å². The van der Waals surface area contributed by atoms with Crippen molar-refractivity contribution in [2.45, 2.75) is 0 Å². The molecule has 0 spiro atoms. The molecule has 2 aliphatic carbocycles. The zero-order valence-corrected chi connectivity index (χ0v) is 7.54. The lowest BCUT2D eigenvalue weighted by Crippen LogP contribution is -2.07. The van der Waals surface area contributed by atoms with Gasteiger partial charge in [-0.25, -0.2) is 0 Å². The predicted molar refractivity (Wildman–Crippen MR) is 55.5 cm³/mol. The van der Waals surface area contributed by atoms with Crippen LogP contribution in [0.3, 0.4) is 0 Å². The molecule has 0 unspecified atom stereocenters. The molecule has 0 bridgehead atoms. The number of fused-ring (bicyclic) bond motifs is 1. The van der Waals surface area contributed by atoms with E-state index in [4.69, 9.17) is 15.1 Å². The van der Waals surface area contributed by atoms with Crippen molar-refractivity contribution in [3.63, 3.8) is 0 Å². The van der Waals surface area contributed by atoms with Crippen molar-refractivity contribution < 1.29 is 15.1 Å². The number of hydrogen-bond acceptors (Lipinski definition) is 3. The van der Waals surface area contributed by atoms with Crippen molar-refractivity contribution in [3.8, 4) is 11.1 Å². The average Bonchev–Trinajstić information content (AvgIpc) is 2.42. The predicted octanol–water partition coefficient (Wildman–Crippen LogP) is 0.740. The van der Waals surface area contributed by atoms with Crippen molar-refractivity contribution in [2.75, 3.05) is 0 Å². The van der Waals surface area contributed by atoms with Crippen molar-refractivity contribution >= 4 is 7.32 Å². The van der Waals surface area contributed by atoms with Gasteiger partial charge in [0.25, 0.3) is 0 Å². The normalized spacial score (nSPS) is 9.07. The van der Waals surface area contributed by atoms with E-state index in [1.165, 1.54) is 11.1 Å². The van der Waals surface area contributed by atoms with E-state index in [9.17, 15) is 0 Å². The minimum Gasteiger partial charge on any atom is -0.402 e. The van der Waals surface area contributed by atoms with Crippen LogP contribution in [-0.2, 0) is 0 Å². The average molecular weight is 190 g/mol. The fourth-order valence-corrected chi connectivity index (χ4v) is 1.13. The summed E-state index contributed by atoms with van der Waals surface area (Å²) in [4.78, 5) is 0. The van der Waals surface area contributed by atoms with Crippen LogP contribution in [0.4, 0.5) is 0 Å². The van der Waals surface area contributed by atoms with Crippen molar-refractivity contribution in [1.82, 2.24) is 0 Å². The summed E-state index contributed by atoms with van der Waals surface area (Å²) in [6.45, 7) is 0. The molecule has 0 saturated heterocycles. The summed E-state index contributed by atoms with van der Waals surface area (Å²) in [7, 11) is -2.17. The van der Waals surface area contributed by atoms with Crippen LogP contribution in [0.2, 0.25) is 0 Å². The molecule has 0 amide bonds. The van der Waals surface area contributed by atoms with Crippen molar-refractivity contribution in [1.29, 1.82) is 0 Å². The highest BCUT2D eigenvalue weighted by Gasteiger charge is 1.94. The third kappa shape index (κ3) is 3.57. The Hall–Kier alpha value is -1.36. The molecule has 0 saturated carbocycles. The molecular weight excluding hydrogens is 179 g/mol. The van der Waals surface area contributed by atoms with Gasteiger partial charge in [0, 0.05) is 0 Å². The lowest BCUT2D eigenvalue weighted by molar-refractivity contribution is 0.278. The minimum absolute atomic E-state index is 1.31. The fraction of sp³-hybridized carbons (Fsp3) is 0. The van der Waals surface area contributed by atoms with Crippen LogP contribution in [0, 0.1) is 0 Å². The van der Waals surface area contributed by atoms with Crippen LogP contribution in [0.5, 0.6) is 0 Å². The van der Waals surface area contributed by atoms with E-state index in [0.717, 1.165) is 0 Å². The summed E-state index contributed by atoms with van der Waals surface area (Å²) >= 11 is 0. The topological polar surface area (TPSA) is 60.7 Å². The van der Waals surface area contributed by atoms with E-state index >= 15 is 0 Å². The molecule has 0 aliphatic heterocycles. The van der Waals surface area contributed by atoms with Crippen LogP contribution < -0.4 is 0 Å². The van der Waals surface area contributed by atoms with E-state index in [-0.39, 0.29) is 0 Å². The van der Waals surface area contributed by atoms with Crippen LogP contribution in [0.15, 0.2) is 48.5 Å². The molecule has 0 aromatic heterocycles. The van der Waals surface area contributed by atoms with E-state index in [1.807, 2.05) is 6.07 Å². The third-order valence-electron chi connectivity index (χ3n) is 1.66. The number of rotatable bonds is 0. The molecule has 3 N–H and O–H groups in total. The Kier molecular flexibility index (Phi) is 4.13. The van der Waals surface area contributed by atoms with Crippen LogP contribution in [0.25, 0.3) is 11.1 Å². The van der Waals surface area contributed by atoms with Gasteiger partial charge in [-0.2, -0.15) is 0 Å². The lowest BCUT2D eigenvalue weighted by Gasteiger charge is -1.85. The van der Waals surface area contributed by atoms with Gasteiger partial charge in [0.1, 0.15) is 0 Å². The molecular formula is C10H11BO3. The monoisotopic (exact) mass is 190 g/mol. The van der Waals surface area contributed by atoms with Gasteiger partial charge < -0.3 is 15.1 Å². The molecule has 0 aromatic rings. The van der Waals surface area contributed by atoms with Gasteiger partial charge in [0.05, 0.1) is 0 Å². The Bertz CT molecular complexity index is 321. The summed E-state index contributed by atoms with van der Waals surface area (Å²) in [6, 6.07) is 16.7. The molecule has 14 heavy (non-hydrogen) atoms. The second-order valence-corrected chi connectivity index (χ2v) is 2.69. The maximum atomic E-state index is 7.17. The highest BCUT2D eigenvalue weighted by molar-refractivity contribution is 6.30. The van der Waals surface area contributed by atoms with E-state index in [0.29, 0.717) is 0 Å². The number of hydrogen-bond donors (Lipinski definition) is 3. The summed E-state index contributed by atoms with van der Waals surface area (Å²) < 4.78 is 0. The maximum absolute atomic E-state index is 7.17. The van der Waals surface area contributed by atoms with Gasteiger partial charge in [-0.3, -0.25) is 0 Å². The summed E-state index contributed by atoms with van der Waals surface area (Å²) in [5.41, 5.74) is 2.62. The molecule has 3 nitrogen and oxygen atoms in total. The SMILES string of the molecule is OB(O)O.c1ccc2cccc-2cc1. The molecule has 4 heteroatoms. The molecule has 72 valence electrons. The van der Waals surface area contributed by atoms with Gasteiger partial charge in [-0.05, 0) is 11.1 Å². The summed E-state index contributed by atoms with van der Waals surface area (Å²) in [6.07, 6.45) is 0. The zero-order valence-electron chi connectivity index (χ0n) is 7.54. The van der Waals surface area contributed by atoms with Gasteiger partial charge in [0.2, 0.25) is 0 Å². The summed E-state index contributed by atoms with van der Waals surface area (Å²) in [5, 5.41) is 21.5. The maximum Gasteiger partial charge on any atom is 0.631 e. The van der Waals surface area contributed by atoms with Crippen molar-refractivity contribution in [2.24, 2.45) is 0 Å². The Morgan fingerprint density at radius 2 is 1.00 bits per heavy atom. The Balaban J connectivity index is 0.000000213. The standard InChI is InChI=1S/C10H8.BH3O3/c1-2-5-9-7-4-8-10(9)6-3-1;2-1(3)4/h1-8H;2-4H. The Morgan fingerprint density at radius 1 is 0.643 bits per heavy atom. The fourth-order valence-electron chi connectivity index (χ4n) is 1.13. The molecule has 2 aliphatic rings. The first kappa shape index (κ1) is 10.7. The molecule has 0 atom stereocenters. The Labute approximate surface area is 82.8 Å². The van der Waals surface area contributed by atoms with Gasteiger partial charge in [-0.1, -0.05) is 48.5 Å². The van der Waals surface area contributed by atoms with E-state index in [1.54, 1.807) is 0 Å². The lowest BCUT2D eigenvalue weighted by atomic mass is 10.2. The highest BCUT2D eigenvalue weighted by atomic mass is 16.5. The second-order valence-electron chi connectivity index (χ2n) is 2.69. The van der Waals surface area contributed by atoms with Gasteiger partial charge in [-0.15, -0.1) is 0 Å². The van der Waals surface area contributed by atoms with Gasteiger partial charge in [0.15, 0.2) is 0 Å². The smallest absolute Gasteiger partial charge is 0.402 e. The van der Waals surface area contributed by atoms with E-state index < -0.39 is 7.32 Å². The minimum atomic E-state index is -2.17. The van der Waals surface area contributed by atoms with Crippen LogP contribution in [0.1, 0.15) is 0 Å². The molecule has 2 rings (SSSR count). The van der Waals surface area contributed by atoms with Crippen LogP contribution in [-0.4, -0.2) is 22.4 Å². The largest absolute Gasteiger partial charge is 0.631 e. The first-order valence-electron chi connectivity index (χ1n) is 4.18. The second kappa shape index (κ2) is 5.39. The molecule has 0 radical (unpaired) electrons. The molecule has 0 aromatic carbocycles. The Morgan fingerprint density at radius 3 is 1.43 bits per heavy atom. The molecule has 0 heterocycles. The zero-order chi connectivity index (χ0) is 10.4. The third-order valence-corrected chi connectivity index (χ3v) is 1.66.